The molecule has 0 radical (unpaired) electrons. The highest BCUT2D eigenvalue weighted by molar-refractivity contribution is 5.95. The number of methoxy groups -OCH3 is 1. The Morgan fingerprint density at radius 1 is 1.20 bits per heavy atom. The summed E-state index contributed by atoms with van der Waals surface area (Å²) in [6.45, 7) is 3.78. The maximum atomic E-state index is 12.0. The molecule has 0 fully saturated rings. The van der Waals surface area contributed by atoms with Gasteiger partial charge in [-0.2, -0.15) is 0 Å². The predicted molar refractivity (Wildman–Crippen MR) is 113 cm³/mol. The number of allylic oxidation sites excluding steroid dienone is 1. The first kappa shape index (κ1) is 20.8. The van der Waals surface area contributed by atoms with Crippen molar-refractivity contribution < 1.29 is 19.4 Å². The highest BCUT2D eigenvalue weighted by Gasteiger charge is 2.16. The Hall–Kier alpha value is -3.94. The molecule has 0 aliphatic rings. The smallest absolute Gasteiger partial charge is 0.283 e. The van der Waals surface area contributed by atoms with Crippen molar-refractivity contribution in [2.75, 3.05) is 13.7 Å². The number of ether oxygens (including phenoxy) is 1. The third-order valence-corrected chi connectivity index (χ3v) is 4.45. The van der Waals surface area contributed by atoms with Crippen LogP contribution in [-0.2, 0) is 22.6 Å². The van der Waals surface area contributed by atoms with E-state index in [1.807, 2.05) is 12.1 Å². The Bertz CT molecular complexity index is 1100. The summed E-state index contributed by atoms with van der Waals surface area (Å²) in [5.41, 5.74) is 1.75. The van der Waals surface area contributed by atoms with E-state index in [-0.39, 0.29) is 30.4 Å². The molecule has 0 saturated heterocycles. The molecule has 1 aromatic heterocycles. The van der Waals surface area contributed by atoms with Gasteiger partial charge >= 0.3 is 0 Å². The molecule has 0 atom stereocenters. The number of para-hydroxylation sites is 1. The number of rotatable bonds is 8. The van der Waals surface area contributed by atoms with E-state index in [9.17, 15) is 14.7 Å². The Morgan fingerprint density at radius 3 is 2.63 bits per heavy atom. The SMILES string of the molecule is C=CCn1c(O)c(N=NC(=O)CNC(=O)Cc2ccc(OC)cc2)c2ccccc21. The second kappa shape index (κ2) is 9.51. The van der Waals surface area contributed by atoms with Crippen LogP contribution in [0.4, 0.5) is 5.69 Å². The summed E-state index contributed by atoms with van der Waals surface area (Å²) in [4.78, 5) is 24.1. The fraction of sp³-hybridized carbons (Fsp3) is 0.182. The maximum absolute atomic E-state index is 12.0. The van der Waals surface area contributed by atoms with Crippen molar-refractivity contribution in [1.82, 2.24) is 9.88 Å². The molecule has 2 amide bonds. The molecule has 2 N–H and O–H groups in total. The molecule has 0 saturated carbocycles. The van der Waals surface area contributed by atoms with Gasteiger partial charge in [-0.1, -0.05) is 36.4 Å². The van der Waals surface area contributed by atoms with Crippen molar-refractivity contribution in [1.29, 1.82) is 0 Å². The standard InChI is InChI=1S/C22H22N4O4/c1-3-12-26-18-7-5-4-6-17(18)21(22(26)29)25-24-20(28)14-23-19(27)13-15-8-10-16(30-2)11-9-15/h3-11,29H,1,12-14H2,2H3,(H,23,27). The van der Waals surface area contributed by atoms with Crippen molar-refractivity contribution >= 4 is 28.4 Å². The lowest BCUT2D eigenvalue weighted by atomic mass is 10.1. The van der Waals surface area contributed by atoms with Crippen LogP contribution >= 0.6 is 0 Å². The lowest BCUT2D eigenvalue weighted by molar-refractivity contribution is -0.124. The van der Waals surface area contributed by atoms with Crippen molar-refractivity contribution in [3.05, 3.63) is 66.7 Å². The molecule has 30 heavy (non-hydrogen) atoms. The number of hydrogen-bond acceptors (Lipinski definition) is 5. The summed E-state index contributed by atoms with van der Waals surface area (Å²) in [7, 11) is 1.57. The molecular formula is C22H22N4O4. The minimum absolute atomic E-state index is 0.101. The fourth-order valence-corrected chi connectivity index (χ4v) is 2.99. The molecule has 1 heterocycles. The van der Waals surface area contributed by atoms with Gasteiger partial charge in [0.15, 0.2) is 5.69 Å². The van der Waals surface area contributed by atoms with E-state index in [2.05, 4.69) is 22.1 Å². The van der Waals surface area contributed by atoms with Gasteiger partial charge in [-0.3, -0.25) is 9.59 Å². The second-order valence-electron chi connectivity index (χ2n) is 6.48. The lowest BCUT2D eigenvalue weighted by Gasteiger charge is -2.04. The van der Waals surface area contributed by atoms with Gasteiger partial charge in [-0.25, -0.2) is 0 Å². The van der Waals surface area contributed by atoms with E-state index in [1.54, 1.807) is 54.2 Å². The van der Waals surface area contributed by atoms with Crippen LogP contribution in [0.25, 0.3) is 10.9 Å². The average Bonchev–Trinajstić information content (AvgIpc) is 3.03. The molecule has 2 aromatic carbocycles. The van der Waals surface area contributed by atoms with Crippen molar-refractivity contribution in [2.45, 2.75) is 13.0 Å². The largest absolute Gasteiger partial charge is 0.497 e. The molecule has 0 aliphatic carbocycles. The highest BCUT2D eigenvalue weighted by Crippen LogP contribution is 2.38. The first-order valence-corrected chi connectivity index (χ1v) is 9.28. The second-order valence-corrected chi connectivity index (χ2v) is 6.48. The Labute approximate surface area is 173 Å². The van der Waals surface area contributed by atoms with Crippen LogP contribution in [0.15, 0.2) is 71.4 Å². The summed E-state index contributed by atoms with van der Waals surface area (Å²) in [5.74, 6) is -0.337. The van der Waals surface area contributed by atoms with E-state index < -0.39 is 5.91 Å². The summed E-state index contributed by atoms with van der Waals surface area (Å²) in [5, 5.41) is 21.2. The van der Waals surface area contributed by atoms with Crippen LogP contribution in [0.1, 0.15) is 5.56 Å². The zero-order valence-electron chi connectivity index (χ0n) is 16.5. The molecule has 154 valence electrons. The molecule has 0 spiro atoms. The first-order chi connectivity index (χ1) is 14.5. The summed E-state index contributed by atoms with van der Waals surface area (Å²) < 4.78 is 6.70. The van der Waals surface area contributed by atoms with Crippen molar-refractivity contribution in [3.8, 4) is 11.6 Å². The van der Waals surface area contributed by atoms with Gasteiger partial charge in [-0.05, 0) is 23.8 Å². The molecule has 8 heteroatoms. The number of fused-ring (bicyclic) bond motifs is 1. The van der Waals surface area contributed by atoms with E-state index in [4.69, 9.17) is 4.74 Å². The third-order valence-electron chi connectivity index (χ3n) is 4.45. The van der Waals surface area contributed by atoms with Gasteiger partial charge in [0, 0.05) is 11.9 Å². The quantitative estimate of drug-likeness (QED) is 0.441. The van der Waals surface area contributed by atoms with Crippen molar-refractivity contribution in [2.24, 2.45) is 10.2 Å². The molecule has 3 rings (SSSR count). The van der Waals surface area contributed by atoms with Crippen molar-refractivity contribution in [3.63, 3.8) is 0 Å². The fourth-order valence-electron chi connectivity index (χ4n) is 2.99. The first-order valence-electron chi connectivity index (χ1n) is 9.28. The topological polar surface area (TPSA) is 105 Å². The minimum Gasteiger partial charge on any atom is -0.497 e. The third kappa shape index (κ3) is 4.72. The van der Waals surface area contributed by atoms with Gasteiger partial charge in [0.05, 0.1) is 19.0 Å². The molecular weight excluding hydrogens is 384 g/mol. The summed E-state index contributed by atoms with van der Waals surface area (Å²) in [6, 6.07) is 14.3. The van der Waals surface area contributed by atoms with Crippen LogP contribution in [0.3, 0.4) is 0 Å². The minimum atomic E-state index is -0.627. The Morgan fingerprint density at radius 2 is 1.93 bits per heavy atom. The number of benzene rings is 2. The lowest BCUT2D eigenvalue weighted by Crippen LogP contribution is -2.29. The number of hydrogen-bond donors (Lipinski definition) is 2. The highest BCUT2D eigenvalue weighted by atomic mass is 16.5. The predicted octanol–water partition coefficient (Wildman–Crippen LogP) is 3.51. The molecule has 3 aromatic rings. The van der Waals surface area contributed by atoms with Crippen LogP contribution < -0.4 is 10.1 Å². The van der Waals surface area contributed by atoms with Crippen LogP contribution in [0, 0.1) is 0 Å². The maximum Gasteiger partial charge on any atom is 0.283 e. The molecule has 0 aliphatic heterocycles. The van der Waals surface area contributed by atoms with Gasteiger partial charge in [0.1, 0.15) is 12.3 Å². The summed E-state index contributed by atoms with van der Waals surface area (Å²) in [6.07, 6.45) is 1.78. The zero-order chi connectivity index (χ0) is 21.5. The number of nitrogens with one attached hydrogen (secondary N) is 1. The van der Waals surface area contributed by atoms with E-state index in [1.165, 1.54) is 0 Å². The van der Waals surface area contributed by atoms with Gasteiger partial charge in [0.25, 0.3) is 5.91 Å². The number of azo groups is 1. The zero-order valence-corrected chi connectivity index (χ0v) is 16.5. The summed E-state index contributed by atoms with van der Waals surface area (Å²) >= 11 is 0. The number of carbonyl (C=O) groups is 2. The number of aromatic hydroxyl groups is 1. The number of amides is 2. The van der Waals surface area contributed by atoms with Crippen LogP contribution in [0.5, 0.6) is 11.6 Å². The number of nitrogens with zero attached hydrogens (tertiary/aromatic N) is 3. The number of carbonyl (C=O) groups excluding carboxylic acids is 2. The monoisotopic (exact) mass is 406 g/mol. The molecule has 0 unspecified atom stereocenters. The van der Waals surface area contributed by atoms with Gasteiger partial charge < -0.3 is 19.7 Å². The van der Waals surface area contributed by atoms with E-state index in [0.717, 1.165) is 11.1 Å². The van der Waals surface area contributed by atoms with E-state index in [0.29, 0.717) is 17.7 Å². The average molecular weight is 406 g/mol. The Kier molecular flexibility index (Phi) is 6.59. The molecule has 8 nitrogen and oxygen atoms in total. The van der Waals surface area contributed by atoms with Crippen LogP contribution in [0.2, 0.25) is 0 Å². The molecule has 0 bridgehead atoms. The number of aromatic nitrogens is 1. The van der Waals surface area contributed by atoms with Gasteiger partial charge in [0.2, 0.25) is 11.8 Å². The van der Waals surface area contributed by atoms with Gasteiger partial charge in [-0.15, -0.1) is 16.8 Å². The Balaban J connectivity index is 1.62. The normalized spacial score (nSPS) is 11.0. The van der Waals surface area contributed by atoms with Crippen LogP contribution in [-0.4, -0.2) is 35.1 Å². The van der Waals surface area contributed by atoms with E-state index >= 15 is 0 Å².